The highest BCUT2D eigenvalue weighted by molar-refractivity contribution is 7.99. The van der Waals surface area contributed by atoms with Gasteiger partial charge in [-0.25, -0.2) is 0 Å². The molecule has 72 valence electrons. The van der Waals surface area contributed by atoms with Gasteiger partial charge in [0.1, 0.15) is 0 Å². The maximum atomic E-state index is 3.53. The molecule has 0 aromatic heterocycles. The first-order valence-electron chi connectivity index (χ1n) is 4.56. The van der Waals surface area contributed by atoms with Gasteiger partial charge in [-0.15, -0.1) is 11.8 Å². The molecule has 0 fully saturated rings. The van der Waals surface area contributed by atoms with E-state index in [2.05, 4.69) is 55.6 Å². The molecule has 1 aliphatic heterocycles. The lowest BCUT2D eigenvalue weighted by Gasteiger charge is -2.05. The molecule has 2 rings (SSSR count). The third-order valence-electron chi connectivity index (χ3n) is 2.21. The Morgan fingerprint density at radius 1 is 1.38 bits per heavy atom. The van der Waals surface area contributed by atoms with Crippen LogP contribution in [0.15, 0.2) is 24.3 Å². The fourth-order valence-corrected chi connectivity index (χ4v) is 2.89. The fraction of sp³-hybridized carbons (Fsp3) is 0.455. The Labute approximate surface area is 90.5 Å². The summed E-state index contributed by atoms with van der Waals surface area (Å²) in [5.41, 5.74) is 3.12. The highest BCUT2D eigenvalue weighted by Gasteiger charge is 2.19. The van der Waals surface area contributed by atoms with Crippen molar-refractivity contribution in [1.29, 1.82) is 0 Å². The first kappa shape index (κ1) is 11.0. The van der Waals surface area contributed by atoms with Crippen molar-refractivity contribution in [3.8, 4) is 0 Å². The molecule has 0 saturated carbocycles. The quantitative estimate of drug-likeness (QED) is 0.688. The minimum atomic E-state index is 0.770. The zero-order chi connectivity index (χ0) is 9.68. The summed E-state index contributed by atoms with van der Waals surface area (Å²) in [6, 6.07) is 8.80. The van der Waals surface area contributed by atoms with Gasteiger partial charge in [0.2, 0.25) is 0 Å². The van der Waals surface area contributed by atoms with Crippen molar-refractivity contribution >= 4 is 24.4 Å². The average molecular weight is 212 g/mol. The Bertz CT molecular complexity index is 258. The lowest BCUT2D eigenvalue weighted by atomic mass is 10.1. The third-order valence-corrected chi connectivity index (χ3v) is 3.68. The standard InChI is InChI=1S/C10H12S.CH4S/c1-2-10-9-6-4-3-5-8(9)7-11-10;1-2/h3-6,10H,2,7H2,1H3;2H,1H3. The summed E-state index contributed by atoms with van der Waals surface area (Å²) in [6.45, 7) is 2.26. The van der Waals surface area contributed by atoms with Crippen LogP contribution in [0.5, 0.6) is 0 Å². The Morgan fingerprint density at radius 3 is 2.77 bits per heavy atom. The van der Waals surface area contributed by atoms with E-state index in [9.17, 15) is 0 Å². The molecule has 1 unspecified atom stereocenters. The van der Waals surface area contributed by atoms with Gasteiger partial charge in [-0.05, 0) is 23.8 Å². The monoisotopic (exact) mass is 212 g/mol. The number of rotatable bonds is 1. The molecule has 13 heavy (non-hydrogen) atoms. The topological polar surface area (TPSA) is 0 Å². The molecule has 0 aliphatic carbocycles. The SMILES string of the molecule is CCC1SCc2ccccc21.CS. The van der Waals surface area contributed by atoms with Crippen LogP contribution in [0.1, 0.15) is 29.7 Å². The average Bonchev–Trinajstić information content (AvgIpc) is 2.64. The van der Waals surface area contributed by atoms with Gasteiger partial charge in [-0.2, -0.15) is 12.6 Å². The van der Waals surface area contributed by atoms with E-state index < -0.39 is 0 Å². The normalized spacial score (nSPS) is 18.8. The zero-order valence-corrected chi connectivity index (χ0v) is 9.87. The molecule has 1 atom stereocenters. The molecule has 0 nitrogen and oxygen atoms in total. The summed E-state index contributed by atoms with van der Waals surface area (Å²) in [7, 11) is 0. The van der Waals surface area contributed by atoms with E-state index in [1.165, 1.54) is 12.2 Å². The van der Waals surface area contributed by atoms with Gasteiger partial charge < -0.3 is 0 Å². The van der Waals surface area contributed by atoms with Gasteiger partial charge in [-0.3, -0.25) is 0 Å². The molecule has 2 heteroatoms. The molecule has 0 bridgehead atoms. The van der Waals surface area contributed by atoms with Crippen LogP contribution in [0.25, 0.3) is 0 Å². The Kier molecular flexibility index (Phi) is 4.74. The van der Waals surface area contributed by atoms with Crippen LogP contribution < -0.4 is 0 Å². The van der Waals surface area contributed by atoms with Gasteiger partial charge in [0.25, 0.3) is 0 Å². The van der Waals surface area contributed by atoms with Gasteiger partial charge in [0.15, 0.2) is 0 Å². The van der Waals surface area contributed by atoms with E-state index in [1.54, 1.807) is 17.4 Å². The molecule has 1 aromatic carbocycles. The summed E-state index contributed by atoms with van der Waals surface area (Å²) in [6.07, 6.45) is 2.96. The minimum Gasteiger partial charge on any atom is -0.183 e. The molecule has 1 aliphatic rings. The minimum absolute atomic E-state index is 0.770. The first-order chi connectivity index (χ1) is 6.42. The Balaban J connectivity index is 0.000000396. The van der Waals surface area contributed by atoms with Crippen molar-refractivity contribution in [3.05, 3.63) is 35.4 Å². The molecule has 0 N–H and O–H groups in total. The number of fused-ring (bicyclic) bond motifs is 1. The second kappa shape index (κ2) is 5.61. The van der Waals surface area contributed by atoms with Crippen LogP contribution in [0.4, 0.5) is 0 Å². The molecular weight excluding hydrogens is 196 g/mol. The first-order valence-corrected chi connectivity index (χ1v) is 6.50. The molecule has 1 aromatic rings. The van der Waals surface area contributed by atoms with Crippen molar-refractivity contribution in [3.63, 3.8) is 0 Å². The second-order valence-corrected chi connectivity index (χ2v) is 4.10. The molecular formula is C11H16S2. The van der Waals surface area contributed by atoms with Crippen LogP contribution in [0.2, 0.25) is 0 Å². The van der Waals surface area contributed by atoms with Crippen LogP contribution in [-0.2, 0) is 5.75 Å². The maximum Gasteiger partial charge on any atom is 0.0301 e. The summed E-state index contributed by atoms with van der Waals surface area (Å²) in [4.78, 5) is 0. The second-order valence-electron chi connectivity index (χ2n) is 2.91. The van der Waals surface area contributed by atoms with Crippen molar-refractivity contribution in [1.82, 2.24) is 0 Å². The van der Waals surface area contributed by atoms with Crippen LogP contribution in [0, 0.1) is 0 Å². The van der Waals surface area contributed by atoms with E-state index in [0.29, 0.717) is 0 Å². The zero-order valence-electron chi connectivity index (χ0n) is 8.16. The Hall–Kier alpha value is -0.0800. The smallest absolute Gasteiger partial charge is 0.0301 e. The van der Waals surface area contributed by atoms with Crippen molar-refractivity contribution < 1.29 is 0 Å². The summed E-state index contributed by atoms with van der Waals surface area (Å²) in [5, 5.41) is 0.770. The summed E-state index contributed by atoms with van der Waals surface area (Å²) in [5.74, 6) is 1.22. The molecule has 0 saturated heterocycles. The number of thiol groups is 1. The Morgan fingerprint density at radius 2 is 2.08 bits per heavy atom. The molecule has 1 heterocycles. The van der Waals surface area contributed by atoms with E-state index in [-0.39, 0.29) is 0 Å². The molecule has 0 amide bonds. The van der Waals surface area contributed by atoms with E-state index in [0.717, 1.165) is 5.25 Å². The highest BCUT2D eigenvalue weighted by atomic mass is 32.2. The number of thioether (sulfide) groups is 1. The van der Waals surface area contributed by atoms with E-state index in [4.69, 9.17) is 0 Å². The number of benzene rings is 1. The maximum absolute atomic E-state index is 3.53. The summed E-state index contributed by atoms with van der Waals surface area (Å²) < 4.78 is 0. The highest BCUT2D eigenvalue weighted by Crippen LogP contribution is 2.43. The van der Waals surface area contributed by atoms with E-state index in [1.807, 2.05) is 0 Å². The number of hydrogen-bond acceptors (Lipinski definition) is 2. The van der Waals surface area contributed by atoms with Gasteiger partial charge in [-0.1, -0.05) is 31.2 Å². The largest absolute Gasteiger partial charge is 0.183 e. The third kappa shape index (κ3) is 2.44. The van der Waals surface area contributed by atoms with Gasteiger partial charge in [0, 0.05) is 11.0 Å². The lowest BCUT2D eigenvalue weighted by Crippen LogP contribution is -1.86. The van der Waals surface area contributed by atoms with Crippen LogP contribution >= 0.6 is 24.4 Å². The van der Waals surface area contributed by atoms with Crippen molar-refractivity contribution in [2.75, 3.05) is 6.26 Å². The van der Waals surface area contributed by atoms with Gasteiger partial charge in [0.05, 0.1) is 0 Å². The number of hydrogen-bond donors (Lipinski definition) is 1. The fourth-order valence-electron chi connectivity index (χ4n) is 1.60. The van der Waals surface area contributed by atoms with Crippen LogP contribution in [0.3, 0.4) is 0 Å². The lowest BCUT2D eigenvalue weighted by molar-refractivity contribution is 0.904. The predicted octanol–water partition coefficient (Wildman–Crippen LogP) is 3.93. The van der Waals surface area contributed by atoms with E-state index >= 15 is 0 Å². The van der Waals surface area contributed by atoms with Gasteiger partial charge >= 0.3 is 0 Å². The molecule has 0 spiro atoms. The molecule has 0 radical (unpaired) electrons. The predicted molar refractivity (Wildman–Crippen MR) is 65.7 cm³/mol. The van der Waals surface area contributed by atoms with Crippen LogP contribution in [-0.4, -0.2) is 6.26 Å². The van der Waals surface area contributed by atoms with Crippen molar-refractivity contribution in [2.45, 2.75) is 24.3 Å². The summed E-state index contributed by atoms with van der Waals surface area (Å²) >= 11 is 5.60. The van der Waals surface area contributed by atoms with Crippen molar-refractivity contribution in [2.24, 2.45) is 0 Å².